The normalized spacial score (nSPS) is 10.9. The third-order valence-corrected chi connectivity index (χ3v) is 2.95. The lowest BCUT2D eigenvalue weighted by Crippen LogP contribution is -2.07. The SMILES string of the molecule is CCOc1cc(C=Nn2cc(C)nc2N)ccc1OC(=O)CC. The third-order valence-electron chi connectivity index (χ3n) is 2.95. The number of anilines is 1. The van der Waals surface area contributed by atoms with Gasteiger partial charge in [0.25, 0.3) is 0 Å². The summed E-state index contributed by atoms with van der Waals surface area (Å²) in [5, 5.41) is 4.25. The first-order valence-corrected chi connectivity index (χ1v) is 7.36. The Balaban J connectivity index is 2.24. The van der Waals surface area contributed by atoms with Gasteiger partial charge in [0.1, 0.15) is 0 Å². The van der Waals surface area contributed by atoms with Crippen LogP contribution in [0, 0.1) is 6.92 Å². The smallest absolute Gasteiger partial charge is 0.311 e. The van der Waals surface area contributed by atoms with Gasteiger partial charge in [0, 0.05) is 6.42 Å². The summed E-state index contributed by atoms with van der Waals surface area (Å²) in [5.41, 5.74) is 7.31. The second-order valence-corrected chi connectivity index (χ2v) is 4.80. The monoisotopic (exact) mass is 316 g/mol. The quantitative estimate of drug-likeness (QED) is 0.502. The zero-order chi connectivity index (χ0) is 16.8. The van der Waals surface area contributed by atoms with Crippen molar-refractivity contribution < 1.29 is 14.3 Å². The highest BCUT2D eigenvalue weighted by Gasteiger charge is 2.09. The van der Waals surface area contributed by atoms with Crippen molar-refractivity contribution in [1.82, 2.24) is 9.66 Å². The Bertz CT molecular complexity index is 722. The lowest BCUT2D eigenvalue weighted by molar-refractivity contribution is -0.134. The van der Waals surface area contributed by atoms with Gasteiger partial charge in [0.2, 0.25) is 5.95 Å². The Morgan fingerprint density at radius 3 is 2.78 bits per heavy atom. The maximum Gasteiger partial charge on any atom is 0.311 e. The average molecular weight is 316 g/mol. The van der Waals surface area contributed by atoms with Crippen LogP contribution in [0.15, 0.2) is 29.5 Å². The fraction of sp³-hybridized carbons (Fsp3) is 0.312. The molecule has 0 spiro atoms. The molecule has 0 amide bonds. The summed E-state index contributed by atoms with van der Waals surface area (Å²) in [6.07, 6.45) is 3.66. The molecule has 0 saturated carbocycles. The zero-order valence-corrected chi connectivity index (χ0v) is 13.4. The van der Waals surface area contributed by atoms with Crippen LogP contribution >= 0.6 is 0 Å². The first kappa shape index (κ1) is 16.5. The summed E-state index contributed by atoms with van der Waals surface area (Å²) >= 11 is 0. The number of hydrogen-bond donors (Lipinski definition) is 1. The molecule has 0 aliphatic heterocycles. The highest BCUT2D eigenvalue weighted by molar-refractivity contribution is 5.81. The van der Waals surface area contributed by atoms with Crippen molar-refractivity contribution in [1.29, 1.82) is 0 Å². The molecule has 1 heterocycles. The Kier molecular flexibility index (Phi) is 5.35. The molecule has 1 aromatic heterocycles. The number of aryl methyl sites for hydroxylation is 1. The minimum absolute atomic E-state index is 0.300. The van der Waals surface area contributed by atoms with E-state index in [9.17, 15) is 4.79 Å². The number of benzene rings is 1. The van der Waals surface area contributed by atoms with E-state index in [0.717, 1.165) is 11.3 Å². The van der Waals surface area contributed by atoms with E-state index in [1.807, 2.05) is 13.8 Å². The number of ether oxygens (including phenoxy) is 2. The summed E-state index contributed by atoms with van der Waals surface area (Å²) in [5.74, 6) is 0.896. The molecule has 2 rings (SSSR count). The summed E-state index contributed by atoms with van der Waals surface area (Å²) in [4.78, 5) is 15.5. The van der Waals surface area contributed by atoms with Crippen LogP contribution in [0.5, 0.6) is 11.5 Å². The van der Waals surface area contributed by atoms with Crippen molar-refractivity contribution in [2.75, 3.05) is 12.3 Å². The van der Waals surface area contributed by atoms with Crippen molar-refractivity contribution in [3.8, 4) is 11.5 Å². The first-order valence-electron chi connectivity index (χ1n) is 7.36. The van der Waals surface area contributed by atoms with Crippen LogP contribution in [0.3, 0.4) is 0 Å². The Hall–Kier alpha value is -2.83. The molecule has 0 radical (unpaired) electrons. The molecule has 0 aliphatic carbocycles. The number of rotatable bonds is 6. The van der Waals surface area contributed by atoms with Gasteiger partial charge >= 0.3 is 5.97 Å². The number of hydrogen-bond acceptors (Lipinski definition) is 6. The van der Waals surface area contributed by atoms with Crippen LogP contribution in [0.1, 0.15) is 31.5 Å². The number of aromatic nitrogens is 2. The molecule has 23 heavy (non-hydrogen) atoms. The molecule has 2 aromatic rings. The topological polar surface area (TPSA) is 91.7 Å². The number of esters is 1. The van der Waals surface area contributed by atoms with Gasteiger partial charge in [-0.15, -0.1) is 0 Å². The molecule has 0 saturated heterocycles. The average Bonchev–Trinajstić information content (AvgIpc) is 2.85. The van der Waals surface area contributed by atoms with Gasteiger partial charge < -0.3 is 15.2 Å². The number of nitrogens with two attached hydrogens (primary N) is 1. The van der Waals surface area contributed by atoms with E-state index in [2.05, 4.69) is 10.1 Å². The lowest BCUT2D eigenvalue weighted by atomic mass is 10.2. The van der Waals surface area contributed by atoms with Crippen LogP contribution in [-0.4, -0.2) is 28.5 Å². The predicted molar refractivity (Wildman–Crippen MR) is 87.9 cm³/mol. The van der Waals surface area contributed by atoms with E-state index in [1.54, 1.807) is 37.5 Å². The fourth-order valence-electron chi connectivity index (χ4n) is 1.88. The van der Waals surface area contributed by atoms with Crippen molar-refractivity contribution in [3.05, 3.63) is 35.7 Å². The molecule has 0 bridgehead atoms. The predicted octanol–water partition coefficient (Wildman–Crippen LogP) is 2.37. The second kappa shape index (κ2) is 7.44. The molecule has 0 atom stereocenters. The number of carbonyl (C=O) groups excluding carboxylic acids is 1. The Morgan fingerprint density at radius 2 is 2.17 bits per heavy atom. The summed E-state index contributed by atoms with van der Waals surface area (Å²) in [6, 6.07) is 5.22. The van der Waals surface area contributed by atoms with Crippen molar-refractivity contribution in [2.45, 2.75) is 27.2 Å². The minimum atomic E-state index is -0.311. The third kappa shape index (κ3) is 4.32. The minimum Gasteiger partial charge on any atom is -0.490 e. The van der Waals surface area contributed by atoms with E-state index in [1.165, 1.54) is 4.68 Å². The standard InChI is InChI=1S/C16H20N4O3/c1-4-15(21)23-13-7-6-12(8-14(13)22-5-2)9-18-20-10-11(3)19-16(20)17/h6-10H,4-5H2,1-3H3,(H2,17,19). The molecule has 2 N–H and O–H groups in total. The summed E-state index contributed by atoms with van der Waals surface area (Å²) < 4.78 is 12.3. The van der Waals surface area contributed by atoms with Crippen molar-refractivity contribution >= 4 is 18.1 Å². The zero-order valence-electron chi connectivity index (χ0n) is 13.4. The van der Waals surface area contributed by atoms with Gasteiger partial charge in [-0.3, -0.25) is 4.79 Å². The van der Waals surface area contributed by atoms with Crippen LogP contribution < -0.4 is 15.2 Å². The number of nitrogens with zero attached hydrogens (tertiary/aromatic N) is 3. The molecule has 0 unspecified atom stereocenters. The van der Waals surface area contributed by atoms with Crippen molar-refractivity contribution in [3.63, 3.8) is 0 Å². The maximum absolute atomic E-state index is 11.4. The van der Waals surface area contributed by atoms with E-state index in [4.69, 9.17) is 15.2 Å². The molecule has 7 nitrogen and oxygen atoms in total. The lowest BCUT2D eigenvalue weighted by Gasteiger charge is -2.10. The highest BCUT2D eigenvalue weighted by Crippen LogP contribution is 2.28. The molecule has 122 valence electrons. The van der Waals surface area contributed by atoms with Gasteiger partial charge in [-0.05, 0) is 37.6 Å². The van der Waals surface area contributed by atoms with Crippen molar-refractivity contribution in [2.24, 2.45) is 5.10 Å². The van der Waals surface area contributed by atoms with Gasteiger partial charge in [-0.25, -0.2) is 9.66 Å². The largest absolute Gasteiger partial charge is 0.490 e. The van der Waals surface area contributed by atoms with Crippen LogP contribution in [0.4, 0.5) is 5.95 Å². The van der Waals surface area contributed by atoms with E-state index in [-0.39, 0.29) is 5.97 Å². The summed E-state index contributed by atoms with van der Waals surface area (Å²) in [6.45, 7) is 5.90. The number of imidazole rings is 1. The van der Waals surface area contributed by atoms with E-state index in [0.29, 0.717) is 30.5 Å². The molecular weight excluding hydrogens is 296 g/mol. The van der Waals surface area contributed by atoms with Gasteiger partial charge in [0.05, 0.1) is 24.7 Å². The molecule has 0 aliphatic rings. The van der Waals surface area contributed by atoms with Gasteiger partial charge in [-0.2, -0.15) is 5.10 Å². The molecule has 0 fully saturated rings. The number of carbonyl (C=O) groups is 1. The molecule has 1 aromatic carbocycles. The van der Waals surface area contributed by atoms with Crippen LogP contribution in [0.2, 0.25) is 0 Å². The second-order valence-electron chi connectivity index (χ2n) is 4.80. The summed E-state index contributed by atoms with van der Waals surface area (Å²) in [7, 11) is 0. The highest BCUT2D eigenvalue weighted by atomic mass is 16.6. The van der Waals surface area contributed by atoms with Gasteiger partial charge in [-0.1, -0.05) is 6.92 Å². The molecular formula is C16H20N4O3. The van der Waals surface area contributed by atoms with Crippen LogP contribution in [0.25, 0.3) is 0 Å². The fourth-order valence-corrected chi connectivity index (χ4v) is 1.88. The maximum atomic E-state index is 11.4. The van der Waals surface area contributed by atoms with E-state index < -0.39 is 0 Å². The Labute approximate surface area is 134 Å². The Morgan fingerprint density at radius 1 is 1.39 bits per heavy atom. The number of nitrogen functional groups attached to an aromatic ring is 1. The van der Waals surface area contributed by atoms with Gasteiger partial charge in [0.15, 0.2) is 11.5 Å². The van der Waals surface area contributed by atoms with Crippen LogP contribution in [-0.2, 0) is 4.79 Å². The molecule has 7 heteroatoms. The van der Waals surface area contributed by atoms with E-state index >= 15 is 0 Å². The first-order chi connectivity index (χ1) is 11.0.